The maximum atomic E-state index is 12.5. The summed E-state index contributed by atoms with van der Waals surface area (Å²) in [6, 6.07) is 0. The molecule has 1 aliphatic rings. The molecule has 54 heavy (non-hydrogen) atoms. The topological polar surface area (TPSA) is 189 Å². The number of carbonyl (C=O) groups excluding carboxylic acids is 2. The van der Waals surface area contributed by atoms with E-state index in [9.17, 15) is 29.5 Å². The minimum atomic E-state index is -4.84. The molecule has 1 unspecified atom stereocenters. The van der Waals surface area contributed by atoms with Gasteiger partial charge in [0.15, 0.2) is 12.4 Å². The van der Waals surface area contributed by atoms with Crippen LogP contribution in [0.1, 0.15) is 123 Å². The van der Waals surface area contributed by atoms with E-state index in [1.54, 1.807) is 12.2 Å². The summed E-state index contributed by atoms with van der Waals surface area (Å²) in [5.74, 6) is -1.47. The Morgan fingerprint density at radius 1 is 0.796 bits per heavy atom. The summed E-state index contributed by atoms with van der Waals surface area (Å²) in [6.45, 7) is 3.17. The number of hydrogen-bond acceptors (Lipinski definition) is 10. The first-order chi connectivity index (χ1) is 25.9. The van der Waals surface area contributed by atoms with Gasteiger partial charge in [0.2, 0.25) is 0 Å². The van der Waals surface area contributed by atoms with Crippen LogP contribution < -0.4 is 0 Å². The maximum absolute atomic E-state index is 12.5. The van der Waals surface area contributed by atoms with Gasteiger partial charge in [-0.3, -0.25) is 14.1 Å². The Morgan fingerprint density at radius 2 is 1.43 bits per heavy atom. The summed E-state index contributed by atoms with van der Waals surface area (Å²) in [5, 5.41) is 30.8. The standard InChI is InChI=1S/C41H67O12P/c1-3-5-7-8-9-10-11-12-13-14-15-16-17-18-23-27-39(44)50-32-35(33-51-54(47,48)49)52-40(45)28-24-20-19-22-26-36-37(43)31-41(46)53-38(36)30-29-34(42)25-21-6-4-2/h5,7,9-10,12-13,15-16,19,22,29-30,34-38,41-43,46H,3-4,6,8,11,14,17-18,20-21,23-28,31-33H2,1-2H3,(H2,47,48,49)/b7-5-,10-9-,13-12-,16-15-,22-19-,30-29+/t34-,35+,36-,37-,38+,41?/m0/s1. The molecule has 0 aromatic heterocycles. The lowest BCUT2D eigenvalue weighted by atomic mass is 9.87. The Labute approximate surface area is 322 Å². The van der Waals surface area contributed by atoms with Gasteiger partial charge in [-0.2, -0.15) is 0 Å². The van der Waals surface area contributed by atoms with Crippen molar-refractivity contribution in [3.63, 3.8) is 0 Å². The molecule has 308 valence electrons. The fourth-order valence-electron chi connectivity index (χ4n) is 5.52. The van der Waals surface area contributed by atoms with Crippen molar-refractivity contribution < 1.29 is 58.0 Å². The molecule has 1 saturated heterocycles. The average molecular weight is 783 g/mol. The zero-order valence-electron chi connectivity index (χ0n) is 32.4. The summed E-state index contributed by atoms with van der Waals surface area (Å²) >= 11 is 0. The predicted molar refractivity (Wildman–Crippen MR) is 210 cm³/mol. The van der Waals surface area contributed by atoms with Crippen molar-refractivity contribution in [3.8, 4) is 0 Å². The first-order valence-corrected chi connectivity index (χ1v) is 21.2. The minimum absolute atomic E-state index is 0.00460. The van der Waals surface area contributed by atoms with E-state index < -0.39 is 63.7 Å². The Balaban J connectivity index is 2.41. The van der Waals surface area contributed by atoms with Crippen molar-refractivity contribution in [3.05, 3.63) is 72.9 Å². The number of allylic oxidation sites excluding steroid dienone is 10. The Bertz CT molecular complexity index is 1220. The zero-order chi connectivity index (χ0) is 39.9. The van der Waals surface area contributed by atoms with Crippen LogP contribution in [0.25, 0.3) is 0 Å². The molecule has 0 saturated carbocycles. The van der Waals surface area contributed by atoms with E-state index in [0.717, 1.165) is 57.8 Å². The van der Waals surface area contributed by atoms with E-state index in [4.69, 9.17) is 24.0 Å². The number of carbonyl (C=O) groups is 2. The van der Waals surface area contributed by atoms with Crippen LogP contribution in [-0.2, 0) is 32.9 Å². The molecule has 0 aromatic carbocycles. The lowest BCUT2D eigenvalue weighted by molar-refractivity contribution is -0.199. The van der Waals surface area contributed by atoms with Crippen LogP contribution >= 0.6 is 7.82 Å². The van der Waals surface area contributed by atoms with Crippen molar-refractivity contribution in [2.24, 2.45) is 5.92 Å². The number of rotatable bonds is 30. The molecule has 0 amide bonds. The summed E-state index contributed by atoms with van der Waals surface area (Å²) in [5.41, 5.74) is 0. The van der Waals surface area contributed by atoms with E-state index in [-0.39, 0.29) is 25.2 Å². The van der Waals surface area contributed by atoms with Gasteiger partial charge in [-0.05, 0) is 70.6 Å². The van der Waals surface area contributed by atoms with E-state index >= 15 is 0 Å². The highest BCUT2D eigenvalue weighted by atomic mass is 31.2. The van der Waals surface area contributed by atoms with Crippen LogP contribution in [0.4, 0.5) is 0 Å². The molecule has 0 bridgehead atoms. The van der Waals surface area contributed by atoms with Gasteiger partial charge in [0.25, 0.3) is 0 Å². The number of aliphatic hydroxyl groups excluding tert-OH is 3. The minimum Gasteiger partial charge on any atom is -0.462 e. The molecule has 1 fully saturated rings. The molecule has 0 aromatic rings. The van der Waals surface area contributed by atoms with Crippen molar-refractivity contribution in [2.75, 3.05) is 13.2 Å². The van der Waals surface area contributed by atoms with Crippen molar-refractivity contribution >= 4 is 19.8 Å². The van der Waals surface area contributed by atoms with Crippen LogP contribution in [-0.4, -0.2) is 81.0 Å². The number of phosphoric ester groups is 1. The Hall–Kier alpha value is -2.67. The van der Waals surface area contributed by atoms with Gasteiger partial charge < -0.3 is 39.3 Å². The second kappa shape index (κ2) is 31.5. The van der Waals surface area contributed by atoms with Crippen molar-refractivity contribution in [1.29, 1.82) is 0 Å². The smallest absolute Gasteiger partial charge is 0.462 e. The van der Waals surface area contributed by atoms with Crippen LogP contribution in [0.5, 0.6) is 0 Å². The molecule has 13 heteroatoms. The summed E-state index contributed by atoms with van der Waals surface area (Å²) < 4.78 is 31.9. The molecular weight excluding hydrogens is 715 g/mol. The molecule has 6 atom stereocenters. The fourth-order valence-corrected chi connectivity index (χ4v) is 5.88. The van der Waals surface area contributed by atoms with Crippen LogP contribution in [0.2, 0.25) is 0 Å². The van der Waals surface area contributed by atoms with Gasteiger partial charge in [-0.25, -0.2) is 4.57 Å². The number of phosphoric acid groups is 1. The monoisotopic (exact) mass is 782 g/mol. The van der Waals surface area contributed by atoms with Crippen LogP contribution in [0.15, 0.2) is 72.9 Å². The lowest BCUT2D eigenvalue weighted by Crippen LogP contribution is -2.43. The van der Waals surface area contributed by atoms with Crippen LogP contribution in [0.3, 0.4) is 0 Å². The molecule has 5 N–H and O–H groups in total. The highest BCUT2D eigenvalue weighted by Gasteiger charge is 2.35. The van der Waals surface area contributed by atoms with Gasteiger partial charge >= 0.3 is 19.8 Å². The van der Waals surface area contributed by atoms with Gasteiger partial charge in [0, 0.05) is 25.2 Å². The molecule has 1 heterocycles. The van der Waals surface area contributed by atoms with Gasteiger partial charge in [0.1, 0.15) is 6.61 Å². The summed E-state index contributed by atoms with van der Waals surface area (Å²) in [4.78, 5) is 43.0. The highest BCUT2D eigenvalue weighted by Crippen LogP contribution is 2.36. The first-order valence-electron chi connectivity index (χ1n) is 19.6. The third-order valence-corrected chi connectivity index (χ3v) is 8.99. The van der Waals surface area contributed by atoms with E-state index in [2.05, 4.69) is 67.0 Å². The van der Waals surface area contributed by atoms with Crippen molar-refractivity contribution in [2.45, 2.75) is 154 Å². The number of hydrogen-bond donors (Lipinski definition) is 5. The van der Waals surface area contributed by atoms with Gasteiger partial charge in [0.05, 0.1) is 24.9 Å². The van der Waals surface area contributed by atoms with Crippen molar-refractivity contribution in [1.82, 2.24) is 0 Å². The first kappa shape index (κ1) is 49.3. The number of ether oxygens (including phenoxy) is 3. The zero-order valence-corrected chi connectivity index (χ0v) is 33.3. The number of aliphatic hydroxyl groups is 3. The summed E-state index contributed by atoms with van der Waals surface area (Å²) in [7, 11) is -4.84. The lowest BCUT2D eigenvalue weighted by Gasteiger charge is -2.36. The largest absolute Gasteiger partial charge is 0.469 e. The maximum Gasteiger partial charge on any atom is 0.469 e. The SMILES string of the molecule is CC/C=C\C/C=C\C/C=C\C/C=C\CCCCC(=O)OC[C@H](COP(=O)(O)O)OC(=O)CCC/C=C\C[C@H]1[C@@H](O)CC(O)O[C@@H]1/C=C/[C@@H](O)CCCCC. The predicted octanol–water partition coefficient (Wildman–Crippen LogP) is 7.61. The Morgan fingerprint density at radius 3 is 2.09 bits per heavy atom. The molecule has 1 rings (SSSR count). The van der Waals surface area contributed by atoms with Gasteiger partial charge in [-0.15, -0.1) is 0 Å². The third kappa shape index (κ3) is 27.8. The normalized spacial score (nSPS) is 21.0. The fraction of sp³-hybridized carbons (Fsp3) is 0.659. The highest BCUT2D eigenvalue weighted by molar-refractivity contribution is 7.46. The second-order valence-electron chi connectivity index (χ2n) is 13.4. The molecule has 0 aliphatic carbocycles. The van der Waals surface area contributed by atoms with Gasteiger partial charge in [-0.1, -0.05) is 106 Å². The van der Waals surface area contributed by atoms with E-state index in [0.29, 0.717) is 32.1 Å². The quantitative estimate of drug-likeness (QED) is 0.0208. The average Bonchev–Trinajstić information content (AvgIpc) is 3.12. The molecule has 12 nitrogen and oxygen atoms in total. The molecule has 1 aliphatic heterocycles. The van der Waals surface area contributed by atoms with E-state index in [1.165, 1.54) is 0 Å². The molecular formula is C41H67O12P. The number of esters is 2. The summed E-state index contributed by atoms with van der Waals surface area (Å²) in [6.07, 6.45) is 31.1. The third-order valence-electron chi connectivity index (χ3n) is 8.50. The molecule has 0 radical (unpaired) electrons. The Kier molecular flexibility index (Phi) is 28.8. The van der Waals surface area contributed by atoms with Crippen LogP contribution in [0, 0.1) is 5.92 Å². The second-order valence-corrected chi connectivity index (χ2v) is 14.6. The van der Waals surface area contributed by atoms with E-state index in [1.807, 2.05) is 12.2 Å². The number of unbranched alkanes of at least 4 members (excludes halogenated alkanes) is 5. The molecule has 0 spiro atoms.